The van der Waals surface area contributed by atoms with Crippen molar-refractivity contribution in [3.05, 3.63) is 71.5 Å². The van der Waals surface area contributed by atoms with Crippen molar-refractivity contribution >= 4 is 5.57 Å². The summed E-state index contributed by atoms with van der Waals surface area (Å²) < 4.78 is 11.2. The summed E-state index contributed by atoms with van der Waals surface area (Å²) in [6, 6.07) is 16.4. The Hall–Kier alpha value is -2.22. The Morgan fingerprint density at radius 2 is 1.95 bits per heavy atom. The van der Waals surface area contributed by atoms with Crippen molar-refractivity contribution in [2.45, 2.75) is 20.1 Å². The third kappa shape index (κ3) is 2.63. The van der Waals surface area contributed by atoms with Crippen molar-refractivity contribution < 1.29 is 9.47 Å². The zero-order chi connectivity index (χ0) is 13.1. The van der Waals surface area contributed by atoms with Gasteiger partial charge in [-0.15, -0.1) is 0 Å². The Morgan fingerprint density at radius 3 is 2.79 bits per heavy atom. The molecule has 1 aliphatic heterocycles. The largest absolute Gasteiger partial charge is 0.496 e. The Balaban J connectivity index is 1.75. The van der Waals surface area contributed by atoms with Gasteiger partial charge in [0, 0.05) is 5.56 Å². The van der Waals surface area contributed by atoms with Gasteiger partial charge in [-0.1, -0.05) is 36.4 Å². The molecule has 0 saturated heterocycles. The summed E-state index contributed by atoms with van der Waals surface area (Å²) in [5, 5.41) is 0. The first-order valence-corrected chi connectivity index (χ1v) is 6.41. The molecule has 0 unspecified atom stereocenters. The van der Waals surface area contributed by atoms with Crippen molar-refractivity contribution in [2.75, 3.05) is 0 Å². The zero-order valence-electron chi connectivity index (χ0n) is 10.9. The van der Waals surface area contributed by atoms with E-state index >= 15 is 0 Å². The maximum atomic E-state index is 5.82. The van der Waals surface area contributed by atoms with Crippen molar-refractivity contribution in [3.63, 3.8) is 0 Å². The van der Waals surface area contributed by atoms with Gasteiger partial charge in [0.05, 0.1) is 6.26 Å². The smallest absolute Gasteiger partial charge is 0.120 e. The number of fused-ring (bicyclic) bond motifs is 1. The molecule has 0 radical (unpaired) electrons. The second-order valence-corrected chi connectivity index (χ2v) is 4.71. The standard InChI is InChI=1S/C17H16O2/c1-13-10-18-12-15-9-16(7-8-17(13)15)19-11-14-5-3-2-4-6-14/h2-10H,11-12H2,1H3. The van der Waals surface area contributed by atoms with Crippen molar-refractivity contribution in [1.82, 2.24) is 0 Å². The van der Waals surface area contributed by atoms with Gasteiger partial charge < -0.3 is 9.47 Å². The highest BCUT2D eigenvalue weighted by Gasteiger charge is 2.11. The first kappa shape index (κ1) is 11.8. The van der Waals surface area contributed by atoms with Gasteiger partial charge in [0.2, 0.25) is 0 Å². The molecule has 1 aliphatic rings. The maximum absolute atomic E-state index is 5.82. The summed E-state index contributed by atoms with van der Waals surface area (Å²) in [4.78, 5) is 0. The van der Waals surface area contributed by atoms with E-state index in [0.29, 0.717) is 13.2 Å². The summed E-state index contributed by atoms with van der Waals surface area (Å²) in [5.41, 5.74) is 4.77. The molecule has 0 fully saturated rings. The minimum atomic E-state index is 0.593. The van der Waals surface area contributed by atoms with Gasteiger partial charge in [-0.3, -0.25) is 0 Å². The third-order valence-electron chi connectivity index (χ3n) is 3.25. The molecule has 0 aliphatic carbocycles. The summed E-state index contributed by atoms with van der Waals surface area (Å²) in [6.45, 7) is 3.27. The van der Waals surface area contributed by atoms with Gasteiger partial charge in [-0.05, 0) is 35.8 Å². The molecule has 0 bridgehead atoms. The maximum Gasteiger partial charge on any atom is 0.120 e. The van der Waals surface area contributed by atoms with Crippen LogP contribution in [0.1, 0.15) is 23.6 Å². The molecule has 0 spiro atoms. The monoisotopic (exact) mass is 252 g/mol. The van der Waals surface area contributed by atoms with Gasteiger partial charge in [0.1, 0.15) is 19.0 Å². The third-order valence-corrected chi connectivity index (χ3v) is 3.25. The van der Waals surface area contributed by atoms with Gasteiger partial charge in [-0.2, -0.15) is 0 Å². The van der Waals surface area contributed by atoms with Crippen LogP contribution in [0.3, 0.4) is 0 Å². The number of hydrogen-bond donors (Lipinski definition) is 0. The number of rotatable bonds is 3. The predicted octanol–water partition coefficient (Wildman–Crippen LogP) is 4.16. The first-order valence-electron chi connectivity index (χ1n) is 6.41. The molecule has 2 aromatic carbocycles. The van der Waals surface area contributed by atoms with E-state index in [9.17, 15) is 0 Å². The van der Waals surface area contributed by atoms with Gasteiger partial charge >= 0.3 is 0 Å². The number of allylic oxidation sites excluding steroid dienone is 1. The minimum Gasteiger partial charge on any atom is -0.496 e. The van der Waals surface area contributed by atoms with Crippen molar-refractivity contribution in [2.24, 2.45) is 0 Å². The Labute approximate surface area is 113 Å². The molecular weight excluding hydrogens is 236 g/mol. The van der Waals surface area contributed by atoms with Crippen LogP contribution >= 0.6 is 0 Å². The summed E-state index contributed by atoms with van der Waals surface area (Å²) in [7, 11) is 0. The molecule has 2 nitrogen and oxygen atoms in total. The van der Waals surface area contributed by atoms with Crippen LogP contribution < -0.4 is 4.74 Å². The molecule has 0 atom stereocenters. The molecule has 96 valence electrons. The van der Waals surface area contributed by atoms with Crippen LogP contribution in [-0.2, 0) is 18.0 Å². The molecule has 19 heavy (non-hydrogen) atoms. The molecule has 0 saturated carbocycles. The highest BCUT2D eigenvalue weighted by atomic mass is 16.5. The molecule has 0 amide bonds. The summed E-state index contributed by atoms with van der Waals surface area (Å²) in [6.07, 6.45) is 1.81. The van der Waals surface area contributed by atoms with E-state index in [1.54, 1.807) is 0 Å². The first-order chi connectivity index (χ1) is 9.33. The number of benzene rings is 2. The van der Waals surface area contributed by atoms with Gasteiger partial charge in [0.25, 0.3) is 0 Å². The normalized spacial score (nSPS) is 13.2. The number of ether oxygens (including phenoxy) is 2. The van der Waals surface area contributed by atoms with Gasteiger partial charge in [-0.25, -0.2) is 0 Å². The lowest BCUT2D eigenvalue weighted by Gasteiger charge is -2.17. The average Bonchev–Trinajstić information content (AvgIpc) is 2.46. The average molecular weight is 252 g/mol. The zero-order valence-corrected chi connectivity index (χ0v) is 10.9. The van der Waals surface area contributed by atoms with E-state index in [2.05, 4.69) is 31.2 Å². The Kier molecular flexibility index (Phi) is 3.23. The Bertz CT molecular complexity index is 600. The molecular formula is C17H16O2. The van der Waals surface area contributed by atoms with E-state index in [1.807, 2.05) is 30.5 Å². The second kappa shape index (κ2) is 5.19. The lowest BCUT2D eigenvalue weighted by Crippen LogP contribution is -2.02. The van der Waals surface area contributed by atoms with Crippen molar-refractivity contribution in [1.29, 1.82) is 0 Å². The highest BCUT2D eigenvalue weighted by molar-refractivity contribution is 5.67. The van der Waals surface area contributed by atoms with E-state index in [1.165, 1.54) is 16.7 Å². The minimum absolute atomic E-state index is 0.593. The topological polar surface area (TPSA) is 18.5 Å². The quantitative estimate of drug-likeness (QED) is 0.816. The van der Waals surface area contributed by atoms with Crippen LogP contribution in [-0.4, -0.2) is 0 Å². The van der Waals surface area contributed by atoms with Crippen LogP contribution in [0.5, 0.6) is 5.75 Å². The molecule has 3 rings (SSSR count). The fraction of sp³-hybridized carbons (Fsp3) is 0.176. The van der Waals surface area contributed by atoms with Crippen LogP contribution in [0, 0.1) is 0 Å². The molecule has 0 aromatic heterocycles. The van der Waals surface area contributed by atoms with E-state index in [-0.39, 0.29) is 0 Å². The van der Waals surface area contributed by atoms with E-state index in [0.717, 1.165) is 11.3 Å². The van der Waals surface area contributed by atoms with E-state index < -0.39 is 0 Å². The summed E-state index contributed by atoms with van der Waals surface area (Å²) in [5.74, 6) is 0.890. The number of hydrogen-bond acceptors (Lipinski definition) is 2. The SMILES string of the molecule is CC1=COCc2cc(OCc3ccccc3)ccc21. The van der Waals surface area contributed by atoms with Crippen LogP contribution in [0.25, 0.3) is 5.57 Å². The van der Waals surface area contributed by atoms with E-state index in [4.69, 9.17) is 9.47 Å². The van der Waals surface area contributed by atoms with Crippen molar-refractivity contribution in [3.8, 4) is 5.75 Å². The van der Waals surface area contributed by atoms with Crippen LogP contribution in [0.4, 0.5) is 0 Å². The van der Waals surface area contributed by atoms with Crippen LogP contribution in [0.15, 0.2) is 54.8 Å². The van der Waals surface area contributed by atoms with Gasteiger partial charge in [0.15, 0.2) is 0 Å². The van der Waals surface area contributed by atoms with Crippen LogP contribution in [0.2, 0.25) is 0 Å². The summed E-state index contributed by atoms with van der Waals surface area (Å²) >= 11 is 0. The highest BCUT2D eigenvalue weighted by Crippen LogP contribution is 2.28. The second-order valence-electron chi connectivity index (χ2n) is 4.71. The lowest BCUT2D eigenvalue weighted by molar-refractivity contribution is 0.231. The predicted molar refractivity (Wildman–Crippen MR) is 75.7 cm³/mol. The molecule has 0 N–H and O–H groups in total. The molecule has 1 heterocycles. The Morgan fingerprint density at radius 1 is 1.11 bits per heavy atom. The fourth-order valence-electron chi connectivity index (χ4n) is 2.22. The molecule has 2 aromatic rings. The lowest BCUT2D eigenvalue weighted by atomic mass is 10.0. The molecule has 2 heteroatoms. The fourth-order valence-corrected chi connectivity index (χ4v) is 2.22.